The minimum absolute atomic E-state index is 0.353. The molecule has 5 rings (SSSR count). The molecule has 1 saturated heterocycles. The molecule has 3 heterocycles. The maximum absolute atomic E-state index is 13.1. The Balaban J connectivity index is 1.43. The lowest BCUT2D eigenvalue weighted by Gasteiger charge is -2.28. The van der Waals surface area contributed by atoms with Gasteiger partial charge < -0.3 is 19.5 Å². The number of amides is 1. The van der Waals surface area contributed by atoms with Crippen LogP contribution in [-0.2, 0) is 25.1 Å². The second-order valence-corrected chi connectivity index (χ2v) is 10.8. The predicted octanol–water partition coefficient (Wildman–Crippen LogP) is 3.04. The van der Waals surface area contributed by atoms with Crippen LogP contribution in [0.15, 0.2) is 66.9 Å². The molecule has 1 N–H and O–H groups in total. The van der Waals surface area contributed by atoms with Crippen LogP contribution in [0.4, 0.5) is 11.5 Å². The van der Waals surface area contributed by atoms with Crippen LogP contribution >= 0.6 is 0 Å². The lowest BCUT2D eigenvalue weighted by Crippen LogP contribution is -2.37. The Hall–Kier alpha value is -3.76. The zero-order valence-corrected chi connectivity index (χ0v) is 20.7. The molecule has 1 aliphatic rings. The van der Waals surface area contributed by atoms with Gasteiger partial charge in [-0.1, -0.05) is 18.2 Å². The van der Waals surface area contributed by atoms with Crippen molar-refractivity contribution in [3.8, 4) is 11.4 Å². The third-order valence-corrected chi connectivity index (χ3v) is 7.56. The number of aromatic amines is 1. The van der Waals surface area contributed by atoms with Gasteiger partial charge in [0.15, 0.2) is 15.7 Å². The third-order valence-electron chi connectivity index (χ3n) is 6.14. The fourth-order valence-corrected chi connectivity index (χ4v) is 5.46. The number of hydrogen-bond donors (Lipinski definition) is 1. The van der Waals surface area contributed by atoms with Gasteiger partial charge in [0.05, 0.1) is 24.7 Å². The molecule has 0 radical (unpaired) electrons. The van der Waals surface area contributed by atoms with Gasteiger partial charge in [-0.2, -0.15) is 0 Å². The number of rotatable bonds is 7. The van der Waals surface area contributed by atoms with Crippen LogP contribution in [0.25, 0.3) is 22.3 Å². The molecule has 1 aliphatic heterocycles. The largest absolute Gasteiger partial charge is 0.378 e. The van der Waals surface area contributed by atoms with Crippen molar-refractivity contribution in [1.29, 1.82) is 0 Å². The van der Waals surface area contributed by atoms with Gasteiger partial charge in [0, 0.05) is 54.6 Å². The standard InChI is InChI=1S/C26H27N5O4S/c1-30(22-5-3-2-4-6-22)25(32)18-36(33,34)17-21-16-24(31-11-13-35-14-12-31)29-26(28-21)20-7-8-23-19(15-20)9-10-27-23/h2-10,15-16,27H,11-14,17-18H2,1H3. The highest BCUT2D eigenvalue weighted by atomic mass is 32.2. The van der Waals surface area contributed by atoms with Crippen molar-refractivity contribution >= 4 is 38.2 Å². The lowest BCUT2D eigenvalue weighted by molar-refractivity contribution is -0.115. The first-order valence-electron chi connectivity index (χ1n) is 11.7. The molecule has 186 valence electrons. The van der Waals surface area contributed by atoms with Crippen molar-refractivity contribution in [2.24, 2.45) is 0 Å². The molecular weight excluding hydrogens is 478 g/mol. The quantitative estimate of drug-likeness (QED) is 0.411. The molecule has 0 bridgehead atoms. The van der Waals surface area contributed by atoms with Crippen LogP contribution < -0.4 is 9.80 Å². The van der Waals surface area contributed by atoms with E-state index in [0.717, 1.165) is 16.5 Å². The number of fused-ring (bicyclic) bond motifs is 1. The second-order valence-electron chi connectivity index (χ2n) is 8.74. The maximum Gasteiger partial charge on any atom is 0.241 e. The summed E-state index contributed by atoms with van der Waals surface area (Å²) in [7, 11) is -2.22. The number of carbonyl (C=O) groups excluding carboxylic acids is 1. The number of nitrogens with zero attached hydrogens (tertiary/aromatic N) is 4. The molecule has 10 heteroatoms. The number of H-pyrrole nitrogens is 1. The van der Waals surface area contributed by atoms with E-state index in [-0.39, 0.29) is 5.75 Å². The second kappa shape index (κ2) is 10.1. The van der Waals surface area contributed by atoms with Gasteiger partial charge >= 0.3 is 0 Å². The summed E-state index contributed by atoms with van der Waals surface area (Å²) < 4.78 is 31.6. The average Bonchev–Trinajstić information content (AvgIpc) is 3.36. The Morgan fingerprint density at radius 1 is 1.06 bits per heavy atom. The number of ether oxygens (including phenoxy) is 1. The number of nitrogens with one attached hydrogen (secondary N) is 1. The topological polar surface area (TPSA) is 108 Å². The SMILES string of the molecule is CN(C(=O)CS(=O)(=O)Cc1cc(N2CCOCC2)nc(-c2ccc3[nH]ccc3c2)n1)c1ccccc1. The van der Waals surface area contributed by atoms with Gasteiger partial charge in [0.25, 0.3) is 0 Å². The minimum atomic E-state index is -3.79. The highest BCUT2D eigenvalue weighted by Gasteiger charge is 2.24. The molecule has 0 unspecified atom stereocenters. The van der Waals surface area contributed by atoms with Crippen molar-refractivity contribution in [2.45, 2.75) is 5.75 Å². The van der Waals surface area contributed by atoms with Crippen LogP contribution in [-0.4, -0.2) is 68.4 Å². The van der Waals surface area contributed by atoms with Crippen LogP contribution in [0.3, 0.4) is 0 Å². The molecule has 0 spiro atoms. The smallest absolute Gasteiger partial charge is 0.241 e. The molecule has 9 nitrogen and oxygen atoms in total. The van der Waals surface area contributed by atoms with E-state index in [1.165, 1.54) is 4.90 Å². The first-order valence-corrected chi connectivity index (χ1v) is 13.5. The van der Waals surface area contributed by atoms with Crippen LogP contribution in [0.1, 0.15) is 5.69 Å². The van der Waals surface area contributed by atoms with E-state index in [1.54, 1.807) is 37.4 Å². The summed E-state index contributed by atoms with van der Waals surface area (Å²) in [5, 5.41) is 1.01. The van der Waals surface area contributed by atoms with E-state index >= 15 is 0 Å². The molecule has 0 saturated carbocycles. The molecular formula is C26H27N5O4S. The predicted molar refractivity (Wildman–Crippen MR) is 140 cm³/mol. The Bertz CT molecular complexity index is 1480. The number of carbonyl (C=O) groups is 1. The number of morpholine rings is 1. The van der Waals surface area contributed by atoms with E-state index in [0.29, 0.717) is 49.3 Å². The van der Waals surface area contributed by atoms with E-state index in [9.17, 15) is 13.2 Å². The minimum Gasteiger partial charge on any atom is -0.378 e. The number of para-hydroxylation sites is 1. The first kappa shape index (κ1) is 24.0. The van der Waals surface area contributed by atoms with Crippen molar-refractivity contribution in [3.63, 3.8) is 0 Å². The highest BCUT2D eigenvalue weighted by molar-refractivity contribution is 7.91. The Labute approximate surface area is 209 Å². The summed E-state index contributed by atoms with van der Waals surface area (Å²) >= 11 is 0. The fraction of sp³-hybridized carbons (Fsp3) is 0.269. The molecule has 1 fully saturated rings. The zero-order chi connectivity index (χ0) is 25.1. The van der Waals surface area contributed by atoms with Crippen molar-refractivity contribution in [1.82, 2.24) is 15.0 Å². The van der Waals surface area contributed by atoms with Crippen molar-refractivity contribution in [2.75, 3.05) is 48.9 Å². The maximum atomic E-state index is 13.1. The van der Waals surface area contributed by atoms with Gasteiger partial charge in [0.2, 0.25) is 5.91 Å². The normalized spacial score (nSPS) is 14.2. The number of benzene rings is 2. The number of anilines is 2. The van der Waals surface area contributed by atoms with Gasteiger partial charge in [-0.05, 0) is 36.4 Å². The molecule has 0 aliphatic carbocycles. The molecule has 36 heavy (non-hydrogen) atoms. The summed E-state index contributed by atoms with van der Waals surface area (Å²) in [6.07, 6.45) is 1.86. The van der Waals surface area contributed by atoms with Crippen LogP contribution in [0, 0.1) is 0 Å². The number of hydrogen-bond acceptors (Lipinski definition) is 7. The summed E-state index contributed by atoms with van der Waals surface area (Å²) in [6.45, 7) is 2.45. The van der Waals surface area contributed by atoms with Crippen molar-refractivity contribution in [3.05, 3.63) is 72.6 Å². The van der Waals surface area contributed by atoms with Crippen molar-refractivity contribution < 1.29 is 17.9 Å². The van der Waals surface area contributed by atoms with Gasteiger partial charge in [-0.25, -0.2) is 18.4 Å². The van der Waals surface area contributed by atoms with Gasteiger partial charge in [-0.15, -0.1) is 0 Å². The monoisotopic (exact) mass is 505 g/mol. The zero-order valence-electron chi connectivity index (χ0n) is 19.9. The van der Waals surface area contributed by atoms with Crippen LogP contribution in [0.5, 0.6) is 0 Å². The van der Waals surface area contributed by atoms with E-state index in [4.69, 9.17) is 9.72 Å². The van der Waals surface area contributed by atoms with E-state index in [2.05, 4.69) is 14.9 Å². The molecule has 1 amide bonds. The summed E-state index contributed by atoms with van der Waals surface area (Å²) in [6, 6.07) is 18.5. The first-order chi connectivity index (χ1) is 17.4. The molecule has 2 aromatic heterocycles. The Morgan fingerprint density at radius 2 is 1.83 bits per heavy atom. The third kappa shape index (κ3) is 5.39. The summed E-state index contributed by atoms with van der Waals surface area (Å²) in [5.74, 6) is -0.377. The fourth-order valence-electron chi connectivity index (χ4n) is 4.19. The average molecular weight is 506 g/mol. The Morgan fingerprint density at radius 3 is 2.61 bits per heavy atom. The summed E-state index contributed by atoms with van der Waals surface area (Å²) in [4.78, 5) is 28.7. The van der Waals surface area contributed by atoms with Gasteiger partial charge in [-0.3, -0.25) is 4.79 Å². The molecule has 2 aromatic carbocycles. The van der Waals surface area contributed by atoms with E-state index < -0.39 is 21.5 Å². The van der Waals surface area contributed by atoms with E-state index in [1.807, 2.05) is 36.5 Å². The Kier molecular flexibility index (Phi) is 6.71. The molecule has 0 atom stereocenters. The summed E-state index contributed by atoms with van der Waals surface area (Å²) in [5.41, 5.74) is 2.77. The van der Waals surface area contributed by atoms with Crippen LogP contribution in [0.2, 0.25) is 0 Å². The number of sulfone groups is 1. The highest BCUT2D eigenvalue weighted by Crippen LogP contribution is 2.25. The number of aromatic nitrogens is 3. The molecule has 4 aromatic rings. The lowest BCUT2D eigenvalue weighted by atomic mass is 10.1. The van der Waals surface area contributed by atoms with Gasteiger partial charge in [0.1, 0.15) is 11.6 Å².